The Kier molecular flexibility index (Phi) is 5.93. The van der Waals surface area contributed by atoms with Crippen LogP contribution in [0.2, 0.25) is 0 Å². The van der Waals surface area contributed by atoms with Crippen LogP contribution >= 0.6 is 0 Å². The van der Waals surface area contributed by atoms with Crippen LogP contribution < -0.4 is 21.5 Å². The molecule has 0 unspecified atom stereocenters. The van der Waals surface area contributed by atoms with E-state index in [1.807, 2.05) is 30.6 Å². The molecular weight excluding hydrogens is 306 g/mol. The second kappa shape index (κ2) is 8.35. The molecule has 24 heavy (non-hydrogen) atoms. The highest BCUT2D eigenvalue weighted by Gasteiger charge is 2.03. The van der Waals surface area contributed by atoms with Crippen LogP contribution in [-0.4, -0.2) is 16.4 Å². The van der Waals surface area contributed by atoms with E-state index in [9.17, 15) is 4.91 Å². The van der Waals surface area contributed by atoms with Crippen molar-refractivity contribution in [2.75, 3.05) is 10.9 Å². The number of aromatic nitrogens is 1. The molecule has 1 heterocycles. The van der Waals surface area contributed by atoms with E-state index in [4.69, 9.17) is 5.21 Å². The van der Waals surface area contributed by atoms with Gasteiger partial charge in [-0.05, 0) is 42.4 Å². The molecule has 3 N–H and O–H groups in total. The van der Waals surface area contributed by atoms with E-state index in [0.717, 1.165) is 16.1 Å². The molecule has 0 aliphatic carbocycles. The molecule has 0 spiro atoms. The molecule has 7 heteroatoms. The molecule has 0 saturated carbocycles. The lowest BCUT2D eigenvalue weighted by atomic mass is 10.2. The van der Waals surface area contributed by atoms with Crippen molar-refractivity contribution in [2.24, 2.45) is 10.3 Å². The van der Waals surface area contributed by atoms with Crippen LogP contribution in [0.5, 0.6) is 0 Å². The summed E-state index contributed by atoms with van der Waals surface area (Å²) in [5.74, 6) is 0. The van der Waals surface area contributed by atoms with Crippen LogP contribution in [0.3, 0.4) is 0 Å². The summed E-state index contributed by atoms with van der Waals surface area (Å²) in [5, 5.41) is 17.3. The highest BCUT2D eigenvalue weighted by atomic mass is 16.5. The van der Waals surface area contributed by atoms with Crippen molar-refractivity contribution in [3.8, 4) is 0 Å². The summed E-state index contributed by atoms with van der Waals surface area (Å²) in [5.41, 5.74) is 6.39. The van der Waals surface area contributed by atoms with Crippen molar-refractivity contribution in [3.63, 3.8) is 0 Å². The molecule has 1 aromatic heterocycles. The maximum absolute atomic E-state index is 10.8. The number of nitrogens with zero attached hydrogens (tertiary/aromatic N) is 3. The Morgan fingerprint density at radius 1 is 1.33 bits per heavy atom. The van der Waals surface area contributed by atoms with Crippen molar-refractivity contribution in [3.05, 3.63) is 63.7 Å². The molecule has 1 aromatic carbocycles. The first-order valence-corrected chi connectivity index (χ1v) is 7.13. The monoisotopic (exact) mass is 323 g/mol. The van der Waals surface area contributed by atoms with Crippen LogP contribution in [-0.2, 0) is 0 Å². The van der Waals surface area contributed by atoms with Gasteiger partial charge in [-0.15, -0.1) is 4.91 Å². The van der Waals surface area contributed by atoms with Gasteiger partial charge >= 0.3 is 0 Å². The maximum Gasteiger partial charge on any atom is 0.135 e. The first-order chi connectivity index (χ1) is 11.7. The van der Waals surface area contributed by atoms with Crippen molar-refractivity contribution < 1.29 is 5.21 Å². The summed E-state index contributed by atoms with van der Waals surface area (Å²) in [6.07, 6.45) is 8.91. The molecule has 0 bridgehead atoms. The molecule has 7 nitrogen and oxygen atoms in total. The number of rotatable bonds is 6. The number of pyridine rings is 1. The summed E-state index contributed by atoms with van der Waals surface area (Å²) in [6, 6.07) is 6.35. The molecule has 122 valence electrons. The van der Waals surface area contributed by atoms with Gasteiger partial charge in [-0.2, -0.15) is 5.10 Å². The Morgan fingerprint density at radius 2 is 2.17 bits per heavy atom. The summed E-state index contributed by atoms with van der Waals surface area (Å²) >= 11 is 0. The normalized spacial score (nSPS) is 12.0. The lowest BCUT2D eigenvalue weighted by Gasteiger charge is -2.05. The van der Waals surface area contributed by atoms with Gasteiger partial charge in [0.15, 0.2) is 0 Å². The molecule has 0 radical (unpaired) electrons. The number of hydrogen-bond acceptors (Lipinski definition) is 7. The number of nitrogens with one attached hydrogen (secondary N) is 2. The topological polar surface area (TPSA) is 99.0 Å². The van der Waals surface area contributed by atoms with E-state index in [2.05, 4.69) is 27.3 Å². The lowest BCUT2D eigenvalue weighted by Crippen LogP contribution is -2.29. The van der Waals surface area contributed by atoms with Crippen LogP contribution in [0, 0.1) is 4.91 Å². The van der Waals surface area contributed by atoms with Gasteiger partial charge in [-0.25, -0.2) is 0 Å². The number of benzene rings is 1. The highest BCUT2D eigenvalue weighted by molar-refractivity contribution is 5.81. The number of allylic oxidation sites excluding steroid dienone is 2. The second-order valence-electron chi connectivity index (χ2n) is 4.76. The van der Waals surface area contributed by atoms with Crippen LogP contribution in [0.4, 0.5) is 17.1 Å². The maximum atomic E-state index is 10.8. The predicted molar refractivity (Wildman–Crippen MR) is 96.8 cm³/mol. The molecule has 0 amide bonds. The summed E-state index contributed by atoms with van der Waals surface area (Å²) < 4.78 is 0. The number of nitroso groups, excluding NO2 is 1. The molecule has 0 saturated heterocycles. The number of hydrazone groups is 1. The Bertz CT molecular complexity index is 890. The minimum atomic E-state index is 0.123. The molecule has 0 fully saturated rings. The van der Waals surface area contributed by atoms with Crippen LogP contribution in [0.25, 0.3) is 12.7 Å². The summed E-state index contributed by atoms with van der Waals surface area (Å²) in [7, 11) is 0. The zero-order valence-corrected chi connectivity index (χ0v) is 13.1. The molecule has 2 aromatic rings. The Labute approximate surface area is 138 Å². The molecule has 0 aliphatic rings. The van der Waals surface area contributed by atoms with Gasteiger partial charge in [-0.1, -0.05) is 18.7 Å². The van der Waals surface area contributed by atoms with Gasteiger partial charge in [0.25, 0.3) is 0 Å². The molecular formula is C17H17N5O2. The third-order valence-corrected chi connectivity index (χ3v) is 3.19. The standard InChI is InChI=1S/C17H17N5O2/c1-3-4-5-15-12(2)13(8-9-18-15)11-19-20-16-7-6-14(21-23)10-17(16)22-24/h3-11,20-21,23H,2H2,1H3/b4-3-,15-5+,19-11+. The van der Waals surface area contributed by atoms with Crippen molar-refractivity contribution >= 4 is 35.9 Å². The van der Waals surface area contributed by atoms with Gasteiger partial charge in [0.05, 0.1) is 22.9 Å². The average Bonchev–Trinajstić information content (AvgIpc) is 2.62. The van der Waals surface area contributed by atoms with Crippen LogP contribution in [0.15, 0.2) is 52.9 Å². The largest absolute Gasteiger partial charge is 0.291 e. The second-order valence-corrected chi connectivity index (χ2v) is 4.76. The Morgan fingerprint density at radius 3 is 2.88 bits per heavy atom. The number of anilines is 2. The fraction of sp³-hybridized carbons (Fsp3) is 0.0588. The minimum absolute atomic E-state index is 0.123. The molecule has 0 aliphatic heterocycles. The minimum Gasteiger partial charge on any atom is -0.291 e. The zero-order valence-electron chi connectivity index (χ0n) is 13.1. The fourth-order valence-electron chi connectivity index (χ4n) is 1.92. The van der Waals surface area contributed by atoms with E-state index in [1.165, 1.54) is 6.07 Å². The smallest absolute Gasteiger partial charge is 0.135 e. The quantitative estimate of drug-likeness (QED) is 0.431. The van der Waals surface area contributed by atoms with Gasteiger partial charge in [0.1, 0.15) is 5.69 Å². The molecule has 2 rings (SSSR count). The average molecular weight is 323 g/mol. The first-order valence-electron chi connectivity index (χ1n) is 7.13. The van der Waals surface area contributed by atoms with Crippen molar-refractivity contribution in [1.29, 1.82) is 0 Å². The van der Waals surface area contributed by atoms with E-state index >= 15 is 0 Å². The Hall–Kier alpha value is -3.32. The summed E-state index contributed by atoms with van der Waals surface area (Å²) in [6.45, 7) is 5.93. The third-order valence-electron chi connectivity index (χ3n) is 3.19. The van der Waals surface area contributed by atoms with Gasteiger partial charge in [0, 0.05) is 17.0 Å². The Balaban J connectivity index is 2.24. The van der Waals surface area contributed by atoms with E-state index in [0.29, 0.717) is 11.4 Å². The van der Waals surface area contributed by atoms with Gasteiger partial charge in [-0.3, -0.25) is 21.1 Å². The fourth-order valence-corrected chi connectivity index (χ4v) is 1.92. The van der Waals surface area contributed by atoms with Crippen LogP contribution in [0.1, 0.15) is 12.5 Å². The van der Waals surface area contributed by atoms with Gasteiger partial charge < -0.3 is 0 Å². The SMILES string of the molecule is C=c1c(/C=N/Nc2ccc(NO)cc2N=O)ccn/c1=C/C=C\C. The predicted octanol–water partition coefficient (Wildman–Crippen LogP) is 2.49. The van der Waals surface area contributed by atoms with E-state index in [1.54, 1.807) is 30.6 Å². The van der Waals surface area contributed by atoms with E-state index in [-0.39, 0.29) is 5.69 Å². The van der Waals surface area contributed by atoms with Crippen molar-refractivity contribution in [2.45, 2.75) is 6.92 Å². The first kappa shape index (κ1) is 17.0. The highest BCUT2D eigenvalue weighted by Crippen LogP contribution is 2.28. The summed E-state index contributed by atoms with van der Waals surface area (Å²) in [4.78, 5) is 15.1. The lowest BCUT2D eigenvalue weighted by molar-refractivity contribution is 0.389. The van der Waals surface area contributed by atoms with Crippen molar-refractivity contribution in [1.82, 2.24) is 4.98 Å². The molecule has 0 atom stereocenters. The van der Waals surface area contributed by atoms with Gasteiger partial charge in [0.2, 0.25) is 0 Å². The third kappa shape index (κ3) is 4.11. The number of hydrogen-bond donors (Lipinski definition) is 3. The zero-order chi connectivity index (χ0) is 17.4. The van der Waals surface area contributed by atoms with E-state index < -0.39 is 0 Å².